The van der Waals surface area contributed by atoms with E-state index in [0.717, 1.165) is 46.3 Å². The van der Waals surface area contributed by atoms with Gasteiger partial charge in [-0.05, 0) is 66.7 Å². The zero-order valence-corrected chi connectivity index (χ0v) is 24.4. The van der Waals surface area contributed by atoms with Crippen LogP contribution in [-0.4, -0.2) is 62.8 Å². The van der Waals surface area contributed by atoms with Gasteiger partial charge in [-0.3, -0.25) is 9.52 Å². The Morgan fingerprint density at radius 3 is 2.40 bits per heavy atom. The van der Waals surface area contributed by atoms with Crippen LogP contribution in [0.2, 0.25) is 0 Å². The summed E-state index contributed by atoms with van der Waals surface area (Å²) in [7, 11) is -3.77. The molecule has 1 saturated heterocycles. The summed E-state index contributed by atoms with van der Waals surface area (Å²) in [4.78, 5) is 16.9. The quantitative estimate of drug-likeness (QED) is 0.153. The van der Waals surface area contributed by atoms with Crippen LogP contribution in [-0.2, 0) is 14.8 Å². The summed E-state index contributed by atoms with van der Waals surface area (Å²) in [6.07, 6.45) is -0.663. The van der Waals surface area contributed by atoms with Gasteiger partial charge in [0, 0.05) is 66.0 Å². The predicted octanol–water partition coefficient (Wildman–Crippen LogP) is 4.30. The van der Waals surface area contributed by atoms with Crippen LogP contribution in [0.3, 0.4) is 0 Å². The number of benzene rings is 4. The summed E-state index contributed by atoms with van der Waals surface area (Å²) in [5.74, 6) is 0.520. The lowest BCUT2D eigenvalue weighted by Gasteiger charge is -2.42. The Morgan fingerprint density at radius 2 is 1.65 bits per heavy atom. The van der Waals surface area contributed by atoms with Gasteiger partial charge in [0.25, 0.3) is 10.0 Å². The third kappa shape index (κ3) is 6.43. The highest BCUT2D eigenvalue weighted by Crippen LogP contribution is 2.33. The van der Waals surface area contributed by atoms with Crippen LogP contribution in [0.15, 0.2) is 95.9 Å². The van der Waals surface area contributed by atoms with Gasteiger partial charge in [-0.25, -0.2) is 8.42 Å². The SMILES string of the molecule is CC(=O)Nc1ccc(S(=O)(=O)Nc2ccc(N3CC(NC[C@H](O)COc4cccc5[nH]c6ccccc6c45)C3)cc2)cc1. The number of ether oxygens (including phenoxy) is 1. The van der Waals surface area contributed by atoms with E-state index in [1.54, 1.807) is 24.3 Å². The lowest BCUT2D eigenvalue weighted by atomic mass is 10.1. The summed E-state index contributed by atoms with van der Waals surface area (Å²) >= 11 is 0. The number of nitrogens with zero attached hydrogens (tertiary/aromatic N) is 1. The fourth-order valence-electron chi connectivity index (χ4n) is 5.23. The molecule has 4 aromatic carbocycles. The third-order valence-electron chi connectivity index (χ3n) is 7.42. The van der Waals surface area contributed by atoms with Gasteiger partial charge in [0.05, 0.1) is 10.4 Å². The van der Waals surface area contributed by atoms with Gasteiger partial charge in [0.2, 0.25) is 5.91 Å². The highest BCUT2D eigenvalue weighted by atomic mass is 32.2. The standard InChI is InChI=1S/C32H33N5O5S/c1-21(38)34-22-11-15-27(16-12-22)43(40,41)36-23-9-13-25(14-10-23)37-18-24(19-37)33-17-26(39)20-42-31-8-4-7-30-32(31)28-5-2-3-6-29(28)35-30/h2-16,24,26,33,35-36,39H,17-20H2,1H3,(H,34,38)/t26-/m0/s1. The summed E-state index contributed by atoms with van der Waals surface area (Å²) in [5, 5.41) is 18.7. The van der Waals surface area contributed by atoms with Crippen molar-refractivity contribution in [3.63, 3.8) is 0 Å². The second kappa shape index (κ2) is 12.0. The monoisotopic (exact) mass is 599 g/mol. The van der Waals surface area contributed by atoms with Gasteiger partial charge in [-0.2, -0.15) is 0 Å². The van der Waals surface area contributed by atoms with E-state index in [1.807, 2.05) is 48.5 Å². The molecule has 0 aliphatic carbocycles. The van der Waals surface area contributed by atoms with E-state index < -0.39 is 16.1 Å². The molecule has 1 aromatic heterocycles. The molecule has 11 heteroatoms. The number of aliphatic hydroxyl groups is 1. The molecule has 6 rings (SSSR count). The maximum absolute atomic E-state index is 12.8. The van der Waals surface area contributed by atoms with Crippen molar-refractivity contribution in [1.82, 2.24) is 10.3 Å². The number of aromatic nitrogens is 1. The highest BCUT2D eigenvalue weighted by Gasteiger charge is 2.27. The maximum atomic E-state index is 12.8. The molecule has 43 heavy (non-hydrogen) atoms. The number of anilines is 3. The van der Waals surface area contributed by atoms with Crippen molar-refractivity contribution < 1.29 is 23.1 Å². The minimum absolute atomic E-state index is 0.102. The number of aliphatic hydroxyl groups excluding tert-OH is 1. The molecule has 0 saturated carbocycles. The minimum Gasteiger partial charge on any atom is -0.490 e. The van der Waals surface area contributed by atoms with Crippen molar-refractivity contribution in [3.05, 3.63) is 91.0 Å². The minimum atomic E-state index is -3.77. The fourth-order valence-corrected chi connectivity index (χ4v) is 6.29. The van der Waals surface area contributed by atoms with Gasteiger partial charge >= 0.3 is 0 Å². The Bertz CT molecular complexity index is 1850. The maximum Gasteiger partial charge on any atom is 0.261 e. The molecule has 1 aliphatic rings. The number of carbonyl (C=O) groups is 1. The van der Waals surface area contributed by atoms with Crippen molar-refractivity contribution in [2.45, 2.75) is 24.0 Å². The van der Waals surface area contributed by atoms with Gasteiger partial charge in [0.15, 0.2) is 0 Å². The Hall–Kier alpha value is -4.58. The van der Waals surface area contributed by atoms with Crippen molar-refractivity contribution in [1.29, 1.82) is 0 Å². The van der Waals surface area contributed by atoms with E-state index in [4.69, 9.17) is 4.74 Å². The summed E-state index contributed by atoms with van der Waals surface area (Å²) in [5.41, 5.74) is 4.02. The topological polar surface area (TPSA) is 136 Å². The van der Waals surface area contributed by atoms with Crippen LogP contribution in [0.25, 0.3) is 21.8 Å². The van der Waals surface area contributed by atoms with Crippen LogP contribution < -0.4 is 25.0 Å². The van der Waals surface area contributed by atoms with Crippen molar-refractivity contribution >= 4 is 54.8 Å². The number of H-pyrrole nitrogens is 1. The van der Waals surface area contributed by atoms with E-state index >= 15 is 0 Å². The molecule has 222 valence electrons. The number of amides is 1. The molecule has 5 aromatic rings. The lowest BCUT2D eigenvalue weighted by Crippen LogP contribution is -2.59. The first-order valence-corrected chi connectivity index (χ1v) is 15.5. The average molecular weight is 600 g/mol. The summed E-state index contributed by atoms with van der Waals surface area (Å²) < 4.78 is 34.2. The normalized spacial score (nSPS) is 14.4. The zero-order chi connectivity index (χ0) is 30.0. The molecule has 0 spiro atoms. The molecule has 5 N–H and O–H groups in total. The number of rotatable bonds is 11. The lowest BCUT2D eigenvalue weighted by molar-refractivity contribution is -0.114. The molecule has 0 radical (unpaired) electrons. The first-order valence-electron chi connectivity index (χ1n) is 14.0. The van der Waals surface area contributed by atoms with E-state index in [0.29, 0.717) is 17.9 Å². The van der Waals surface area contributed by atoms with Gasteiger partial charge in [-0.1, -0.05) is 24.3 Å². The van der Waals surface area contributed by atoms with Crippen molar-refractivity contribution in [2.75, 3.05) is 41.2 Å². The first-order chi connectivity index (χ1) is 20.7. The second-order valence-corrected chi connectivity index (χ2v) is 12.4. The smallest absolute Gasteiger partial charge is 0.261 e. The van der Waals surface area contributed by atoms with Crippen molar-refractivity contribution in [3.8, 4) is 5.75 Å². The molecular weight excluding hydrogens is 566 g/mol. The van der Waals surface area contributed by atoms with Crippen LogP contribution in [0.1, 0.15) is 6.92 Å². The number of hydrogen-bond acceptors (Lipinski definition) is 7. The predicted molar refractivity (Wildman–Crippen MR) is 169 cm³/mol. The Morgan fingerprint density at radius 1 is 0.953 bits per heavy atom. The molecule has 1 amide bonds. The van der Waals surface area contributed by atoms with Gasteiger partial charge < -0.3 is 30.4 Å². The number of nitrogens with one attached hydrogen (secondary N) is 4. The number of hydrogen-bond donors (Lipinski definition) is 5. The van der Waals surface area contributed by atoms with Crippen molar-refractivity contribution in [2.24, 2.45) is 0 Å². The number of sulfonamides is 1. The molecule has 1 aliphatic heterocycles. The molecule has 2 heterocycles. The molecule has 0 unspecified atom stereocenters. The van der Waals surface area contributed by atoms with Crippen LogP contribution in [0, 0.1) is 0 Å². The Kier molecular flexibility index (Phi) is 7.94. The van der Waals surface area contributed by atoms with Gasteiger partial charge in [-0.15, -0.1) is 0 Å². The zero-order valence-electron chi connectivity index (χ0n) is 23.6. The Labute approximate surface area is 249 Å². The fraction of sp³-hybridized carbons (Fsp3) is 0.219. The van der Waals surface area contributed by atoms with Crippen LogP contribution in [0.4, 0.5) is 17.1 Å². The molecule has 10 nitrogen and oxygen atoms in total. The van der Waals surface area contributed by atoms with E-state index in [-0.39, 0.29) is 23.5 Å². The van der Waals surface area contributed by atoms with E-state index in [9.17, 15) is 18.3 Å². The molecule has 1 fully saturated rings. The third-order valence-corrected chi connectivity index (χ3v) is 8.81. The van der Waals surface area contributed by atoms with E-state index in [1.165, 1.54) is 19.1 Å². The largest absolute Gasteiger partial charge is 0.490 e. The second-order valence-electron chi connectivity index (χ2n) is 10.7. The first kappa shape index (κ1) is 28.5. The number of fused-ring (bicyclic) bond motifs is 3. The number of para-hydroxylation sites is 1. The molecule has 1 atom stereocenters. The van der Waals surface area contributed by atoms with Crippen LogP contribution >= 0.6 is 0 Å². The number of carbonyl (C=O) groups excluding carboxylic acids is 1. The summed E-state index contributed by atoms with van der Waals surface area (Å²) in [6.45, 7) is 3.53. The number of aromatic amines is 1. The molecular formula is C32H33N5O5S. The highest BCUT2D eigenvalue weighted by molar-refractivity contribution is 7.92. The average Bonchev–Trinajstić information content (AvgIpc) is 3.35. The Balaban J connectivity index is 0.960. The van der Waals surface area contributed by atoms with E-state index in [2.05, 4.69) is 31.3 Å². The molecule has 0 bridgehead atoms. The van der Waals surface area contributed by atoms with Crippen LogP contribution in [0.5, 0.6) is 5.75 Å². The van der Waals surface area contributed by atoms with Gasteiger partial charge in [0.1, 0.15) is 18.5 Å². The summed E-state index contributed by atoms with van der Waals surface area (Å²) in [6, 6.07) is 27.4.